The van der Waals surface area contributed by atoms with Crippen molar-refractivity contribution in [3.63, 3.8) is 0 Å². The SMILES string of the molecule is CC(C)(C)OC(=O)NC(CC=CCCC(=O)c1ccon1)c1nc(-c2ccccc2F)cn1C(=O)OC(C)(C)C. The summed E-state index contributed by atoms with van der Waals surface area (Å²) in [6.07, 6.45) is 5.59. The molecule has 2 aromatic heterocycles. The number of hydrogen-bond acceptors (Lipinski definition) is 8. The zero-order valence-corrected chi connectivity index (χ0v) is 23.6. The van der Waals surface area contributed by atoms with Gasteiger partial charge in [-0.25, -0.2) is 23.5 Å². The molecule has 0 aliphatic rings. The molecule has 1 amide bonds. The van der Waals surface area contributed by atoms with E-state index in [1.807, 2.05) is 0 Å². The lowest BCUT2D eigenvalue weighted by Gasteiger charge is -2.24. The van der Waals surface area contributed by atoms with Gasteiger partial charge in [-0.15, -0.1) is 0 Å². The molecule has 0 aliphatic heterocycles. The fourth-order valence-corrected chi connectivity index (χ4v) is 3.62. The van der Waals surface area contributed by atoms with Crippen molar-refractivity contribution in [2.24, 2.45) is 0 Å². The number of carbonyl (C=O) groups excluding carboxylic acids is 3. The molecule has 10 nitrogen and oxygen atoms in total. The number of benzene rings is 1. The Morgan fingerprint density at radius 3 is 2.38 bits per heavy atom. The lowest BCUT2D eigenvalue weighted by molar-refractivity contribution is 0.0473. The second kappa shape index (κ2) is 12.7. The van der Waals surface area contributed by atoms with Crippen LogP contribution in [0.2, 0.25) is 0 Å². The summed E-state index contributed by atoms with van der Waals surface area (Å²) in [5.74, 6) is -0.560. The van der Waals surface area contributed by atoms with E-state index < -0.39 is 35.2 Å². The summed E-state index contributed by atoms with van der Waals surface area (Å²) in [4.78, 5) is 42.7. The van der Waals surface area contributed by atoms with E-state index in [-0.39, 0.29) is 41.4 Å². The number of allylic oxidation sites excluding steroid dienone is 1. The Balaban J connectivity index is 1.93. The molecule has 3 rings (SSSR count). The van der Waals surface area contributed by atoms with Crippen LogP contribution in [0.15, 0.2) is 59.5 Å². The van der Waals surface area contributed by atoms with E-state index in [2.05, 4.69) is 15.5 Å². The van der Waals surface area contributed by atoms with Crippen molar-refractivity contribution in [1.82, 2.24) is 20.0 Å². The van der Waals surface area contributed by atoms with E-state index in [1.165, 1.54) is 24.6 Å². The van der Waals surface area contributed by atoms with E-state index in [0.717, 1.165) is 4.57 Å². The van der Waals surface area contributed by atoms with Crippen LogP contribution in [0.1, 0.15) is 83.2 Å². The summed E-state index contributed by atoms with van der Waals surface area (Å²) in [5.41, 5.74) is -0.967. The van der Waals surface area contributed by atoms with Crippen molar-refractivity contribution in [3.05, 3.63) is 72.3 Å². The first-order chi connectivity index (χ1) is 18.7. The Hall–Kier alpha value is -4.28. The lowest BCUT2D eigenvalue weighted by Crippen LogP contribution is -2.37. The Kier molecular flexibility index (Phi) is 9.62. The summed E-state index contributed by atoms with van der Waals surface area (Å²) in [7, 11) is 0. The maximum atomic E-state index is 14.6. The number of ether oxygens (including phenoxy) is 2. The molecule has 1 aromatic carbocycles. The van der Waals surface area contributed by atoms with Gasteiger partial charge in [-0.1, -0.05) is 29.4 Å². The highest BCUT2D eigenvalue weighted by atomic mass is 19.1. The van der Waals surface area contributed by atoms with Crippen LogP contribution in [-0.4, -0.2) is 43.9 Å². The summed E-state index contributed by atoms with van der Waals surface area (Å²) >= 11 is 0. The highest BCUT2D eigenvalue weighted by Crippen LogP contribution is 2.27. The van der Waals surface area contributed by atoms with Crippen LogP contribution >= 0.6 is 0 Å². The number of alkyl carbamates (subject to hydrolysis) is 1. The molecule has 0 saturated carbocycles. The zero-order valence-electron chi connectivity index (χ0n) is 23.6. The third-order valence-corrected chi connectivity index (χ3v) is 5.28. The summed E-state index contributed by atoms with van der Waals surface area (Å²) in [5, 5.41) is 6.40. The van der Waals surface area contributed by atoms with Gasteiger partial charge in [0.05, 0.1) is 11.7 Å². The molecule has 0 aliphatic carbocycles. The molecule has 1 unspecified atom stereocenters. The van der Waals surface area contributed by atoms with Crippen LogP contribution in [-0.2, 0) is 9.47 Å². The molecule has 40 heavy (non-hydrogen) atoms. The number of aromatic nitrogens is 3. The fraction of sp³-hybridized carbons (Fsp3) is 0.414. The van der Waals surface area contributed by atoms with Gasteiger partial charge in [0.25, 0.3) is 0 Å². The van der Waals surface area contributed by atoms with Gasteiger partial charge in [-0.3, -0.25) is 4.79 Å². The monoisotopic (exact) mass is 554 g/mol. The minimum Gasteiger partial charge on any atom is -0.444 e. The molecule has 1 atom stereocenters. The number of carbonyl (C=O) groups is 3. The number of hydrogen-bond donors (Lipinski definition) is 1. The molecule has 2 heterocycles. The van der Waals surface area contributed by atoms with Gasteiger partial charge in [0.1, 0.15) is 34.8 Å². The Bertz CT molecular complexity index is 1350. The van der Waals surface area contributed by atoms with Crippen LogP contribution < -0.4 is 5.32 Å². The first-order valence-electron chi connectivity index (χ1n) is 12.9. The molecule has 1 N–H and O–H groups in total. The predicted octanol–water partition coefficient (Wildman–Crippen LogP) is 6.64. The Labute approximate surface area is 232 Å². The van der Waals surface area contributed by atoms with Crippen molar-refractivity contribution in [2.75, 3.05) is 0 Å². The van der Waals surface area contributed by atoms with Crippen LogP contribution in [0.4, 0.5) is 14.0 Å². The molecule has 0 fully saturated rings. The van der Waals surface area contributed by atoms with Crippen molar-refractivity contribution >= 4 is 18.0 Å². The first kappa shape index (κ1) is 30.3. The molecule has 0 spiro atoms. The van der Waals surface area contributed by atoms with E-state index in [0.29, 0.717) is 6.42 Å². The summed E-state index contributed by atoms with van der Waals surface area (Å²) in [6.45, 7) is 10.3. The van der Waals surface area contributed by atoms with Gasteiger partial charge < -0.3 is 19.3 Å². The second-order valence-electron chi connectivity index (χ2n) is 11.1. The van der Waals surface area contributed by atoms with Gasteiger partial charge in [-0.2, -0.15) is 0 Å². The number of nitrogens with one attached hydrogen (secondary N) is 1. The van der Waals surface area contributed by atoms with Gasteiger partial charge in [-0.05, 0) is 66.5 Å². The van der Waals surface area contributed by atoms with E-state index in [1.54, 1.807) is 71.9 Å². The topological polar surface area (TPSA) is 126 Å². The molecular weight excluding hydrogens is 519 g/mol. The number of imidazole rings is 1. The Morgan fingerprint density at radius 2 is 1.75 bits per heavy atom. The minimum atomic E-state index is -0.856. The van der Waals surface area contributed by atoms with Gasteiger partial charge >= 0.3 is 12.2 Å². The maximum Gasteiger partial charge on any atom is 0.420 e. The molecule has 0 saturated heterocycles. The highest BCUT2D eigenvalue weighted by molar-refractivity contribution is 5.94. The van der Waals surface area contributed by atoms with Crippen LogP contribution in [0.25, 0.3) is 11.3 Å². The lowest BCUT2D eigenvalue weighted by atomic mass is 10.1. The third kappa shape index (κ3) is 8.89. The molecule has 214 valence electrons. The van der Waals surface area contributed by atoms with E-state index in [9.17, 15) is 18.8 Å². The standard InChI is InChI=1S/C29H35FN4O6/c1-28(2,3)39-26(36)32-22(14-8-7-9-15-24(35)21-16-17-38-33-21)25-31-23(19-12-10-11-13-20(19)30)18-34(25)27(37)40-29(4,5)6/h7-8,10-13,16-18,22H,9,14-15H2,1-6H3,(H,32,36). The molecular formula is C29H35FN4O6. The number of ketones is 1. The van der Waals surface area contributed by atoms with Gasteiger partial charge in [0, 0.05) is 24.2 Å². The van der Waals surface area contributed by atoms with Crippen LogP contribution in [0.5, 0.6) is 0 Å². The molecule has 0 bridgehead atoms. The van der Waals surface area contributed by atoms with Crippen LogP contribution in [0, 0.1) is 5.82 Å². The van der Waals surface area contributed by atoms with E-state index >= 15 is 0 Å². The average Bonchev–Trinajstić information content (AvgIpc) is 3.52. The molecule has 3 aromatic rings. The maximum absolute atomic E-state index is 14.6. The number of nitrogens with zero attached hydrogens (tertiary/aromatic N) is 3. The summed E-state index contributed by atoms with van der Waals surface area (Å²) < 4.78 is 31.5. The molecule has 0 radical (unpaired) electrons. The fourth-order valence-electron chi connectivity index (χ4n) is 3.62. The van der Waals surface area contributed by atoms with Crippen molar-refractivity contribution < 1.29 is 32.8 Å². The van der Waals surface area contributed by atoms with Crippen molar-refractivity contribution in [1.29, 1.82) is 0 Å². The second-order valence-corrected chi connectivity index (χ2v) is 11.1. The number of halogens is 1. The largest absolute Gasteiger partial charge is 0.444 e. The minimum absolute atomic E-state index is 0.127. The number of amides is 1. The van der Waals surface area contributed by atoms with Crippen molar-refractivity contribution in [2.45, 2.75) is 78.0 Å². The normalized spacial score (nSPS) is 12.8. The zero-order chi connectivity index (χ0) is 29.5. The van der Waals surface area contributed by atoms with Crippen molar-refractivity contribution in [3.8, 4) is 11.3 Å². The average molecular weight is 555 g/mol. The van der Waals surface area contributed by atoms with Gasteiger partial charge in [0.2, 0.25) is 0 Å². The first-order valence-corrected chi connectivity index (χ1v) is 12.9. The molecule has 11 heteroatoms. The highest BCUT2D eigenvalue weighted by Gasteiger charge is 2.29. The van der Waals surface area contributed by atoms with Crippen LogP contribution in [0.3, 0.4) is 0 Å². The quantitative estimate of drug-likeness (QED) is 0.231. The smallest absolute Gasteiger partial charge is 0.420 e. The number of Topliss-reactive ketones (excluding diaryl/α,β-unsaturated/α-hetero) is 1. The number of rotatable bonds is 9. The predicted molar refractivity (Wildman–Crippen MR) is 145 cm³/mol. The van der Waals surface area contributed by atoms with Gasteiger partial charge in [0.15, 0.2) is 5.78 Å². The Morgan fingerprint density at radius 1 is 1.05 bits per heavy atom. The third-order valence-electron chi connectivity index (χ3n) is 5.28. The summed E-state index contributed by atoms with van der Waals surface area (Å²) in [6, 6.07) is 6.69. The van der Waals surface area contributed by atoms with E-state index in [4.69, 9.17) is 14.0 Å².